The molecule has 0 aliphatic rings. The first-order valence-corrected chi connectivity index (χ1v) is 8.82. The molecule has 1 atom stereocenters. The van der Waals surface area contributed by atoms with Crippen LogP contribution in [0, 0.1) is 0 Å². The normalized spacial score (nSPS) is 15.2. The molecule has 0 saturated carbocycles. The van der Waals surface area contributed by atoms with Gasteiger partial charge < -0.3 is 5.32 Å². The van der Waals surface area contributed by atoms with E-state index in [0.717, 1.165) is 19.4 Å². The predicted octanol–water partition coefficient (Wildman–Crippen LogP) is 1.84. The van der Waals surface area contributed by atoms with E-state index in [1.165, 1.54) is 16.1 Å². The molecule has 0 aliphatic carbocycles. The molecule has 1 unspecified atom stereocenters. The quantitative estimate of drug-likeness (QED) is 0.796. The molecule has 0 bridgehead atoms. The molecule has 0 heterocycles. The number of sulfonamides is 1. The highest BCUT2D eigenvalue weighted by Gasteiger charge is 2.33. The fourth-order valence-electron chi connectivity index (χ4n) is 2.51. The van der Waals surface area contributed by atoms with Gasteiger partial charge in [0.05, 0.1) is 6.26 Å². The van der Waals surface area contributed by atoms with Gasteiger partial charge in [0.2, 0.25) is 10.0 Å². The number of nitrogens with zero attached hydrogens (tertiary/aromatic N) is 1. The van der Waals surface area contributed by atoms with Crippen molar-refractivity contribution in [1.29, 1.82) is 0 Å². The lowest BCUT2D eigenvalue weighted by molar-refractivity contribution is 0.299. The third-order valence-electron chi connectivity index (χ3n) is 4.01. The van der Waals surface area contributed by atoms with Gasteiger partial charge >= 0.3 is 0 Å². The predicted molar refractivity (Wildman–Crippen MR) is 84.4 cm³/mol. The molecule has 4 nitrogen and oxygen atoms in total. The zero-order valence-electron chi connectivity index (χ0n) is 12.9. The summed E-state index contributed by atoms with van der Waals surface area (Å²) in [6.07, 6.45) is 3.07. The minimum atomic E-state index is -3.17. The first-order valence-electron chi connectivity index (χ1n) is 6.97. The molecule has 0 amide bonds. The molecule has 1 rings (SSSR count). The Morgan fingerprint density at radius 3 is 2.30 bits per heavy atom. The van der Waals surface area contributed by atoms with Crippen molar-refractivity contribution in [3.63, 3.8) is 0 Å². The van der Waals surface area contributed by atoms with Crippen LogP contribution in [0.2, 0.25) is 0 Å². The van der Waals surface area contributed by atoms with Crippen LogP contribution >= 0.6 is 0 Å². The van der Waals surface area contributed by atoms with Gasteiger partial charge in [-0.15, -0.1) is 0 Å². The lowest BCUT2D eigenvalue weighted by Gasteiger charge is -2.36. The second-order valence-electron chi connectivity index (χ2n) is 5.37. The number of likely N-dealkylation sites (N-methyl/N-ethyl adjacent to an activating group) is 1. The molecular weight excluding hydrogens is 272 g/mol. The van der Waals surface area contributed by atoms with Crippen LogP contribution in [-0.4, -0.2) is 46.2 Å². The molecule has 0 aromatic heterocycles. The van der Waals surface area contributed by atoms with E-state index in [0.29, 0.717) is 6.54 Å². The number of benzene rings is 1. The fraction of sp³-hybridized carbons (Fsp3) is 0.600. The monoisotopic (exact) mass is 298 g/mol. The second kappa shape index (κ2) is 7.20. The summed E-state index contributed by atoms with van der Waals surface area (Å²) < 4.78 is 24.9. The minimum absolute atomic E-state index is 0.151. The first kappa shape index (κ1) is 17.1. The third kappa shape index (κ3) is 4.30. The van der Waals surface area contributed by atoms with Crippen LogP contribution < -0.4 is 5.32 Å². The second-order valence-corrected chi connectivity index (χ2v) is 7.46. The van der Waals surface area contributed by atoms with Crippen molar-refractivity contribution >= 4 is 10.0 Å². The van der Waals surface area contributed by atoms with E-state index in [2.05, 4.69) is 24.4 Å². The van der Waals surface area contributed by atoms with E-state index >= 15 is 0 Å². The largest absolute Gasteiger partial charge is 0.320 e. The molecule has 114 valence electrons. The van der Waals surface area contributed by atoms with Crippen LogP contribution in [0.4, 0.5) is 0 Å². The fourth-order valence-corrected chi connectivity index (χ4v) is 2.99. The van der Waals surface area contributed by atoms with E-state index < -0.39 is 10.0 Å². The summed E-state index contributed by atoms with van der Waals surface area (Å²) in [4.78, 5) is 0. The molecule has 5 heteroatoms. The number of rotatable bonds is 8. The van der Waals surface area contributed by atoms with Gasteiger partial charge in [0.1, 0.15) is 0 Å². The maximum absolute atomic E-state index is 11.7. The topological polar surface area (TPSA) is 49.4 Å². The molecular formula is C15H26N2O2S. The average Bonchev–Trinajstić information content (AvgIpc) is 2.43. The highest BCUT2D eigenvalue weighted by atomic mass is 32.2. The van der Waals surface area contributed by atoms with E-state index in [9.17, 15) is 8.42 Å². The number of hydrogen-bond acceptors (Lipinski definition) is 3. The van der Waals surface area contributed by atoms with Gasteiger partial charge in [-0.3, -0.25) is 0 Å². The lowest BCUT2D eigenvalue weighted by Crippen LogP contribution is -2.42. The Morgan fingerprint density at radius 1 is 1.25 bits per heavy atom. The first-order chi connectivity index (χ1) is 9.35. The summed E-state index contributed by atoms with van der Waals surface area (Å²) in [5.74, 6) is 0. The van der Waals surface area contributed by atoms with E-state index in [4.69, 9.17) is 0 Å². The van der Waals surface area contributed by atoms with Crippen LogP contribution in [0.1, 0.15) is 25.3 Å². The van der Waals surface area contributed by atoms with Crippen molar-refractivity contribution in [3.05, 3.63) is 35.9 Å². The smallest absolute Gasteiger partial charge is 0.210 e. The Kier molecular flexibility index (Phi) is 6.17. The Morgan fingerprint density at radius 2 is 1.85 bits per heavy atom. The SMILES string of the molecule is CCC(CCNC)(CN(C)S(C)(=O)=O)c1ccccc1. The van der Waals surface area contributed by atoms with Crippen molar-refractivity contribution in [2.45, 2.75) is 25.2 Å². The van der Waals surface area contributed by atoms with Crippen LogP contribution in [0.15, 0.2) is 30.3 Å². The van der Waals surface area contributed by atoms with Crippen LogP contribution in [0.3, 0.4) is 0 Å². The van der Waals surface area contributed by atoms with Crippen molar-refractivity contribution in [2.24, 2.45) is 0 Å². The van der Waals surface area contributed by atoms with Crippen LogP contribution in [0.25, 0.3) is 0 Å². The van der Waals surface area contributed by atoms with Crippen molar-refractivity contribution < 1.29 is 8.42 Å². The zero-order valence-corrected chi connectivity index (χ0v) is 13.7. The summed E-state index contributed by atoms with van der Waals surface area (Å²) in [6.45, 7) is 3.49. The molecule has 1 N–H and O–H groups in total. The Bertz CT molecular complexity index is 502. The van der Waals surface area contributed by atoms with Gasteiger partial charge in [-0.25, -0.2) is 12.7 Å². The maximum atomic E-state index is 11.7. The van der Waals surface area contributed by atoms with Crippen molar-refractivity contribution in [1.82, 2.24) is 9.62 Å². The third-order valence-corrected chi connectivity index (χ3v) is 5.27. The summed E-state index contributed by atoms with van der Waals surface area (Å²) in [6, 6.07) is 10.2. The molecule has 1 aromatic rings. The average molecular weight is 298 g/mol. The van der Waals surface area contributed by atoms with Gasteiger partial charge in [-0.1, -0.05) is 37.3 Å². The Balaban J connectivity index is 3.12. The maximum Gasteiger partial charge on any atom is 0.210 e. The Labute approximate surface area is 123 Å². The minimum Gasteiger partial charge on any atom is -0.320 e. The summed E-state index contributed by atoms with van der Waals surface area (Å²) >= 11 is 0. The molecule has 1 aromatic carbocycles. The van der Waals surface area contributed by atoms with Gasteiger partial charge in [0.15, 0.2) is 0 Å². The molecule has 0 spiro atoms. The Hall–Kier alpha value is -0.910. The summed E-state index contributed by atoms with van der Waals surface area (Å²) in [7, 11) is 0.411. The van der Waals surface area contributed by atoms with E-state index in [-0.39, 0.29) is 5.41 Å². The zero-order chi connectivity index (χ0) is 15.2. The molecule has 0 saturated heterocycles. The van der Waals surface area contributed by atoms with Crippen molar-refractivity contribution in [2.75, 3.05) is 33.4 Å². The highest BCUT2D eigenvalue weighted by Crippen LogP contribution is 2.32. The summed E-state index contributed by atoms with van der Waals surface area (Å²) in [5.41, 5.74) is 1.05. The van der Waals surface area contributed by atoms with Gasteiger partial charge in [-0.05, 0) is 32.0 Å². The number of nitrogens with one attached hydrogen (secondary N) is 1. The standard InChI is InChI=1S/C15H26N2O2S/c1-5-15(11-12-16-2,13-17(3)20(4,18)19)14-9-7-6-8-10-14/h6-10,16H,5,11-13H2,1-4H3. The van der Waals surface area contributed by atoms with E-state index in [1.54, 1.807) is 7.05 Å². The molecule has 0 aliphatic heterocycles. The lowest BCUT2D eigenvalue weighted by atomic mass is 9.75. The van der Waals surface area contributed by atoms with Gasteiger partial charge in [-0.2, -0.15) is 0 Å². The van der Waals surface area contributed by atoms with Crippen LogP contribution in [0.5, 0.6) is 0 Å². The molecule has 20 heavy (non-hydrogen) atoms. The van der Waals surface area contributed by atoms with Gasteiger partial charge in [0, 0.05) is 19.0 Å². The van der Waals surface area contributed by atoms with Gasteiger partial charge in [0.25, 0.3) is 0 Å². The summed E-state index contributed by atoms with van der Waals surface area (Å²) in [5, 5.41) is 3.17. The molecule has 0 radical (unpaired) electrons. The highest BCUT2D eigenvalue weighted by molar-refractivity contribution is 7.88. The number of hydrogen-bond donors (Lipinski definition) is 1. The van der Waals surface area contributed by atoms with Crippen LogP contribution in [-0.2, 0) is 15.4 Å². The molecule has 0 fully saturated rings. The van der Waals surface area contributed by atoms with Crippen molar-refractivity contribution in [3.8, 4) is 0 Å². The van der Waals surface area contributed by atoms with E-state index in [1.807, 2.05) is 25.2 Å².